The molecule has 3 N–H and O–H groups in total. The van der Waals surface area contributed by atoms with E-state index in [-0.39, 0.29) is 5.88 Å². The minimum absolute atomic E-state index is 0.122. The smallest absolute Gasteiger partial charge is 0.220 e. The van der Waals surface area contributed by atoms with Gasteiger partial charge < -0.3 is 19.9 Å². The molecular weight excluding hydrogens is 310 g/mol. The van der Waals surface area contributed by atoms with Crippen LogP contribution in [0.4, 0.5) is 5.69 Å². The predicted molar refractivity (Wildman–Crippen MR) is 96.7 cm³/mol. The Kier molecular flexibility index (Phi) is 6.06. The van der Waals surface area contributed by atoms with E-state index in [0.717, 1.165) is 30.4 Å². The molecule has 23 heavy (non-hydrogen) atoms. The Bertz CT molecular complexity index is 708. The van der Waals surface area contributed by atoms with Crippen molar-refractivity contribution in [2.45, 2.75) is 19.9 Å². The summed E-state index contributed by atoms with van der Waals surface area (Å²) in [6.45, 7) is 4.48. The van der Waals surface area contributed by atoms with Gasteiger partial charge in [-0.15, -0.1) is 10.2 Å². The first-order valence-corrected chi connectivity index (χ1v) is 8.24. The van der Waals surface area contributed by atoms with Gasteiger partial charge in [0.15, 0.2) is 5.69 Å². The normalized spacial score (nSPS) is 11.7. The van der Waals surface area contributed by atoms with Crippen LogP contribution in [-0.2, 0) is 6.54 Å². The van der Waals surface area contributed by atoms with Crippen molar-refractivity contribution in [1.82, 2.24) is 9.88 Å². The third-order valence-corrected chi connectivity index (χ3v) is 3.83. The maximum Gasteiger partial charge on any atom is 0.220 e. The highest BCUT2D eigenvalue weighted by Crippen LogP contribution is 2.38. The Morgan fingerprint density at radius 3 is 2.78 bits per heavy atom. The Hall–Kier alpha value is -1.99. The fourth-order valence-electron chi connectivity index (χ4n) is 2.46. The lowest BCUT2D eigenvalue weighted by molar-refractivity contribution is -0.858. The quantitative estimate of drug-likeness (QED) is 0.429. The minimum Gasteiger partial charge on any atom is -0.493 e. The predicted octanol–water partition coefficient (Wildman–Crippen LogP) is 1.86. The maximum absolute atomic E-state index is 10.3. The van der Waals surface area contributed by atoms with Gasteiger partial charge in [0, 0.05) is 24.9 Å². The van der Waals surface area contributed by atoms with E-state index in [1.807, 2.05) is 31.2 Å². The van der Waals surface area contributed by atoms with Gasteiger partial charge >= 0.3 is 0 Å². The van der Waals surface area contributed by atoms with Gasteiger partial charge in [-0.1, -0.05) is 18.2 Å². The average Bonchev–Trinajstić information content (AvgIpc) is 2.80. The van der Waals surface area contributed by atoms with Gasteiger partial charge in [0.05, 0.1) is 26.2 Å². The van der Waals surface area contributed by atoms with Crippen LogP contribution in [0.3, 0.4) is 0 Å². The number of fused-ring (bicyclic) bond motifs is 1. The average molecular weight is 334 g/mol. The zero-order chi connectivity index (χ0) is 16.8. The summed E-state index contributed by atoms with van der Waals surface area (Å²) in [5.41, 5.74) is 1.40. The Labute approximate surface area is 141 Å². The molecule has 6 nitrogen and oxygen atoms in total. The van der Waals surface area contributed by atoms with Gasteiger partial charge in [-0.05, 0) is 25.2 Å². The molecule has 1 heterocycles. The van der Waals surface area contributed by atoms with Crippen molar-refractivity contribution in [3.05, 3.63) is 24.3 Å². The van der Waals surface area contributed by atoms with Crippen molar-refractivity contribution in [1.29, 1.82) is 0 Å². The van der Waals surface area contributed by atoms with Crippen molar-refractivity contribution >= 4 is 33.9 Å². The van der Waals surface area contributed by atoms with Crippen LogP contribution in [0.2, 0.25) is 0 Å². The van der Waals surface area contributed by atoms with E-state index in [1.165, 1.54) is 4.90 Å². The summed E-state index contributed by atoms with van der Waals surface area (Å²) in [5, 5.41) is 22.8. The SMILES string of the molecule is CCn1c(O)c(N=NC(=S)NCCC[NH+](C)C)c2ccccc21. The molecule has 0 fully saturated rings. The van der Waals surface area contributed by atoms with Crippen LogP contribution in [0.5, 0.6) is 5.88 Å². The van der Waals surface area contributed by atoms with Crippen LogP contribution in [0.1, 0.15) is 13.3 Å². The zero-order valence-corrected chi connectivity index (χ0v) is 14.7. The van der Waals surface area contributed by atoms with E-state index in [9.17, 15) is 5.11 Å². The summed E-state index contributed by atoms with van der Waals surface area (Å²) in [5.74, 6) is 0.122. The molecule has 0 aliphatic carbocycles. The second-order valence-corrected chi connectivity index (χ2v) is 6.06. The molecule has 0 spiro atoms. The number of quaternary nitrogens is 1. The van der Waals surface area contributed by atoms with Crippen molar-refractivity contribution in [3.63, 3.8) is 0 Å². The van der Waals surface area contributed by atoms with E-state index < -0.39 is 0 Å². The molecule has 0 saturated carbocycles. The Morgan fingerprint density at radius 2 is 2.09 bits per heavy atom. The molecule has 2 rings (SSSR count). The zero-order valence-electron chi connectivity index (χ0n) is 13.8. The Morgan fingerprint density at radius 1 is 1.35 bits per heavy atom. The van der Waals surface area contributed by atoms with E-state index in [1.54, 1.807) is 4.57 Å². The van der Waals surface area contributed by atoms with Crippen molar-refractivity contribution in [3.8, 4) is 5.88 Å². The lowest BCUT2D eigenvalue weighted by atomic mass is 10.2. The van der Waals surface area contributed by atoms with Gasteiger partial charge in [0.1, 0.15) is 0 Å². The number of benzene rings is 1. The molecule has 1 aromatic carbocycles. The molecule has 0 amide bonds. The summed E-state index contributed by atoms with van der Waals surface area (Å²) in [6, 6.07) is 7.73. The number of nitrogens with one attached hydrogen (secondary N) is 2. The second kappa shape index (κ2) is 8.03. The van der Waals surface area contributed by atoms with Gasteiger partial charge in [-0.25, -0.2) is 0 Å². The number of thiocarbonyl (C=S) groups is 1. The van der Waals surface area contributed by atoms with E-state index in [4.69, 9.17) is 12.2 Å². The molecule has 0 atom stereocenters. The summed E-state index contributed by atoms with van der Waals surface area (Å²) in [4.78, 5) is 1.40. The van der Waals surface area contributed by atoms with Crippen LogP contribution < -0.4 is 10.2 Å². The monoisotopic (exact) mass is 334 g/mol. The molecule has 0 aliphatic rings. The highest BCUT2D eigenvalue weighted by atomic mass is 32.1. The number of para-hydroxylation sites is 1. The molecule has 0 saturated heterocycles. The molecule has 1 aromatic heterocycles. The second-order valence-electron chi connectivity index (χ2n) is 5.68. The topological polar surface area (TPSA) is 66.3 Å². The molecule has 7 heteroatoms. The molecule has 0 aliphatic heterocycles. The van der Waals surface area contributed by atoms with Crippen LogP contribution >= 0.6 is 12.2 Å². The number of hydrogen-bond acceptors (Lipinski definition) is 3. The fourth-order valence-corrected chi connectivity index (χ4v) is 2.60. The molecule has 2 aromatic rings. The summed E-state index contributed by atoms with van der Waals surface area (Å²) >= 11 is 5.17. The minimum atomic E-state index is 0.122. The first kappa shape index (κ1) is 17.4. The Balaban J connectivity index is 2.09. The maximum atomic E-state index is 10.3. The summed E-state index contributed by atoms with van der Waals surface area (Å²) in [6.07, 6.45) is 1.01. The van der Waals surface area contributed by atoms with Gasteiger partial charge in [-0.2, -0.15) is 0 Å². The molecule has 0 radical (unpaired) electrons. The van der Waals surface area contributed by atoms with Crippen LogP contribution in [0.25, 0.3) is 10.9 Å². The van der Waals surface area contributed by atoms with Gasteiger partial charge in [0.2, 0.25) is 11.0 Å². The lowest BCUT2D eigenvalue weighted by Gasteiger charge is -2.07. The third kappa shape index (κ3) is 4.27. The highest BCUT2D eigenvalue weighted by Gasteiger charge is 2.15. The number of azo groups is 1. The number of hydrogen-bond donors (Lipinski definition) is 3. The first-order valence-electron chi connectivity index (χ1n) is 7.83. The highest BCUT2D eigenvalue weighted by molar-refractivity contribution is 7.80. The van der Waals surface area contributed by atoms with Gasteiger partial charge in [0.25, 0.3) is 0 Å². The fraction of sp³-hybridized carbons (Fsp3) is 0.438. The molecule has 124 valence electrons. The van der Waals surface area contributed by atoms with Crippen LogP contribution in [-0.4, -0.2) is 42.0 Å². The van der Waals surface area contributed by atoms with E-state index in [2.05, 4.69) is 29.6 Å². The van der Waals surface area contributed by atoms with E-state index >= 15 is 0 Å². The number of nitrogens with zero attached hydrogens (tertiary/aromatic N) is 3. The van der Waals surface area contributed by atoms with Crippen molar-refractivity contribution in [2.24, 2.45) is 10.2 Å². The van der Waals surface area contributed by atoms with Gasteiger partial charge in [-0.3, -0.25) is 0 Å². The number of aryl methyl sites for hydroxylation is 1. The van der Waals surface area contributed by atoms with E-state index in [0.29, 0.717) is 17.3 Å². The van der Waals surface area contributed by atoms with Crippen LogP contribution in [0, 0.1) is 0 Å². The molecular formula is C16H24N5OS+. The number of rotatable bonds is 6. The number of aromatic nitrogens is 1. The summed E-state index contributed by atoms with van der Waals surface area (Å²) in [7, 11) is 4.23. The molecule has 0 unspecified atom stereocenters. The van der Waals surface area contributed by atoms with Crippen LogP contribution in [0.15, 0.2) is 34.5 Å². The largest absolute Gasteiger partial charge is 0.493 e. The van der Waals surface area contributed by atoms with Crippen molar-refractivity contribution in [2.75, 3.05) is 27.2 Å². The third-order valence-electron chi connectivity index (χ3n) is 3.60. The number of aromatic hydroxyl groups is 1. The first-order chi connectivity index (χ1) is 11.0. The molecule has 0 bridgehead atoms. The standard InChI is InChI=1S/C16H23N5OS/c1-4-21-13-9-6-5-8-12(13)14(15(21)22)18-19-16(23)17-10-7-11-20(2)3/h5-6,8-9,22H,4,7,10-11H2,1-3H3,(H,17,23)/p+1. The lowest BCUT2D eigenvalue weighted by Crippen LogP contribution is -3.05. The summed E-state index contributed by atoms with van der Waals surface area (Å²) < 4.78 is 1.81. The van der Waals surface area contributed by atoms with Crippen molar-refractivity contribution < 1.29 is 10.0 Å².